The highest BCUT2D eigenvalue weighted by Crippen LogP contribution is 2.27. The van der Waals surface area contributed by atoms with Gasteiger partial charge in [-0.3, -0.25) is 71.9 Å². The summed E-state index contributed by atoms with van der Waals surface area (Å²) < 4.78 is 11.3. The zero-order valence-corrected chi connectivity index (χ0v) is 56.6. The molecule has 0 saturated carbocycles. The van der Waals surface area contributed by atoms with E-state index >= 15 is 14.4 Å². The monoisotopic (exact) mass is 1480 g/mol. The molecule has 7 rings (SSSR count). The van der Waals surface area contributed by atoms with Gasteiger partial charge in [0.25, 0.3) is 5.91 Å². The Labute approximate surface area is 599 Å². The molecule has 2 saturated heterocycles. The van der Waals surface area contributed by atoms with Gasteiger partial charge in [0, 0.05) is 53.5 Å². The highest BCUT2D eigenvalue weighted by molar-refractivity contribution is 6.02. The number of aromatic hydroxyl groups is 1. The van der Waals surface area contributed by atoms with Crippen molar-refractivity contribution in [1.82, 2.24) is 68.5 Å². The lowest BCUT2D eigenvalue weighted by Crippen LogP contribution is -2.63. The molecule has 0 spiro atoms. The maximum Gasteiger partial charge on any atom is 0.329 e. The number of aromatic amines is 2. The highest BCUT2D eigenvalue weighted by atomic mass is 16.6. The van der Waals surface area contributed by atoms with Crippen molar-refractivity contribution in [3.63, 3.8) is 0 Å². The van der Waals surface area contributed by atoms with Crippen LogP contribution in [0.2, 0.25) is 0 Å². The largest absolute Gasteiger partial charge is 0.508 e. The van der Waals surface area contributed by atoms with Crippen LogP contribution in [-0.2, 0) is 104 Å². The third-order valence-corrected chi connectivity index (χ3v) is 16.8. The molecule has 0 unspecified atom stereocenters. The predicted octanol–water partition coefficient (Wildman–Crippen LogP) is -5.48. The molecular formula is C66H80N14O26. The van der Waals surface area contributed by atoms with Gasteiger partial charge >= 0.3 is 29.8 Å². The van der Waals surface area contributed by atoms with Crippen molar-refractivity contribution in [2.75, 3.05) is 19.8 Å². The number of H-pyrrole nitrogens is 2. The van der Waals surface area contributed by atoms with Crippen LogP contribution in [-0.4, -0.2) is 239 Å². The summed E-state index contributed by atoms with van der Waals surface area (Å²) in [5.74, 6) is -19.0. The Hall–Kier alpha value is -12.1. The van der Waals surface area contributed by atoms with Gasteiger partial charge in [0.2, 0.25) is 59.1 Å². The third-order valence-electron chi connectivity index (χ3n) is 16.8. The molecule has 0 radical (unpaired) electrons. The second-order valence-electron chi connectivity index (χ2n) is 24.7. The van der Waals surface area contributed by atoms with E-state index < -0.39 is 250 Å². The number of ether oxygens (including phenoxy) is 2. The Kier molecular flexibility index (Phi) is 29.0. The molecule has 11 amide bonds. The Morgan fingerprint density at radius 3 is 1.64 bits per heavy atom. The number of phenols is 1. The lowest BCUT2D eigenvalue weighted by molar-refractivity contribution is -0.156. The highest BCUT2D eigenvalue weighted by Gasteiger charge is 2.46. The number of nitrogens with two attached hydrogens (primary N) is 1. The molecule has 40 heteroatoms. The van der Waals surface area contributed by atoms with E-state index in [2.05, 4.69) is 62.7 Å². The second kappa shape index (κ2) is 37.9. The van der Waals surface area contributed by atoms with Crippen molar-refractivity contribution in [3.8, 4) is 5.75 Å². The molecule has 3 aromatic carbocycles. The number of hydrogen-bond acceptors (Lipinski definition) is 23. The number of fused-ring (bicyclic) bond motifs is 2. The number of carbonyl (C=O) groups excluding carboxylic acids is 12. The van der Waals surface area contributed by atoms with Gasteiger partial charge in [0.15, 0.2) is 6.10 Å². The minimum absolute atomic E-state index is 0.241. The van der Waals surface area contributed by atoms with Crippen molar-refractivity contribution in [3.05, 3.63) is 102 Å². The van der Waals surface area contributed by atoms with E-state index in [9.17, 15) is 98.1 Å². The average molecular weight is 1490 g/mol. The van der Waals surface area contributed by atoms with Gasteiger partial charge in [0.05, 0.1) is 45.1 Å². The third kappa shape index (κ3) is 22.9. The molecule has 4 heterocycles. The maximum atomic E-state index is 15.3. The summed E-state index contributed by atoms with van der Waals surface area (Å²) in [5.41, 5.74) is 1.20. The fourth-order valence-electron chi connectivity index (χ4n) is 11.3. The van der Waals surface area contributed by atoms with Crippen LogP contribution in [0.1, 0.15) is 81.5 Å². The standard InChI is InChI=1S/C66H80N14O26/c1-3-8-46-55(106-46)65(102)77-44(27-81)61(98)79-52-29(2)105-66(103)43(20-32-25-69-37-12-7-5-10-35(32)37)76-57(94)38(17-18-48(85)86)71-64(101)54(45(83)28-104-67)78-47(84)26-70-56(93)40(21-49(87)88)75-63(100)53(30-13-15-33(82)16-14-30)80-60(97)42(23-51(91)92)73-59(96)41(22-50(89)90)72-58(95)39(74-62(52)99)19-31-24-68-36-11-6-4-9-34(31)36/h4-7,9-16,24-25,29,38-46,52-55,68-69,81-83H,3,8,17-23,26-28,67H2,1-2H3,(H,70,93)(H,71,101)(H,72,95)(H,73,96)(H,74,99)(H,75,100)(H,76,94)(H,77,102)(H,78,84)(H,79,98)(H,80,97)(H,85,86)(H,87,88)(H,89,90)(H,91,92)/t29-,38+,39+,40+,41+,42+,43+,44+,45-,46-,52-,53-,54-,55+/m1/s1. The number of esters is 1. The first-order valence-electron chi connectivity index (χ1n) is 32.9. The predicted molar refractivity (Wildman–Crippen MR) is 359 cm³/mol. The number of aliphatic hydroxyl groups is 2. The number of amides is 11. The van der Waals surface area contributed by atoms with Gasteiger partial charge in [-0.05, 0) is 60.7 Å². The van der Waals surface area contributed by atoms with Crippen LogP contribution in [0.25, 0.3) is 21.8 Å². The molecule has 2 aliphatic heterocycles. The van der Waals surface area contributed by atoms with Crippen LogP contribution in [0, 0.1) is 0 Å². The zero-order chi connectivity index (χ0) is 77.6. The normalized spacial score (nSPS) is 24.2. The molecule has 106 heavy (non-hydrogen) atoms. The molecule has 5 aromatic rings. The number of para-hydroxylation sites is 2. The number of benzene rings is 3. The van der Waals surface area contributed by atoms with Crippen molar-refractivity contribution in [2.24, 2.45) is 5.90 Å². The van der Waals surface area contributed by atoms with Gasteiger partial charge in [-0.1, -0.05) is 61.9 Å². The van der Waals surface area contributed by atoms with Crippen molar-refractivity contribution < 1.29 is 127 Å². The molecule has 2 aliphatic rings. The Balaban J connectivity index is 1.36. The molecule has 22 N–H and O–H groups in total. The van der Waals surface area contributed by atoms with Crippen LogP contribution in [0.4, 0.5) is 0 Å². The summed E-state index contributed by atoms with van der Waals surface area (Å²) in [6, 6.07) is -4.45. The molecule has 40 nitrogen and oxygen atoms in total. The first-order valence-corrected chi connectivity index (χ1v) is 32.9. The minimum Gasteiger partial charge on any atom is -0.508 e. The number of rotatable bonds is 24. The topological polar surface area (TPSA) is 636 Å². The molecule has 2 fully saturated rings. The van der Waals surface area contributed by atoms with Crippen LogP contribution < -0.4 is 64.4 Å². The molecule has 570 valence electrons. The first kappa shape index (κ1) is 81.2. The lowest BCUT2D eigenvalue weighted by atomic mass is 10.0. The average Bonchev–Trinajstić information content (AvgIpc) is 1.51. The van der Waals surface area contributed by atoms with Crippen molar-refractivity contribution in [1.29, 1.82) is 0 Å². The first-order chi connectivity index (χ1) is 50.4. The SMILES string of the molecule is CCC[C@H]1O[C@@H]1C(=O)N[C@@H](CO)C(=O)N[C@H]1C(=O)N[C@@H](Cc2c[nH]c3ccccc23)C(=O)N[C@@H](CC(=O)O)C(=O)N[C@@H](CC(=O)O)C(=O)N[C@H](c2ccc(O)cc2)C(=O)N[C@@H](CC(=O)O)C(=O)NCC(=O)N[C@H]([C@H](O)CON)C(=O)N[C@@H](CCC(=O)O)C(=O)N[C@@H](Cc2c[nH]c3ccccc23)C(=O)O[C@@H]1C. The summed E-state index contributed by atoms with van der Waals surface area (Å²) in [6.07, 6.45) is -8.80. The quantitative estimate of drug-likeness (QED) is 0.0156. The van der Waals surface area contributed by atoms with Crippen LogP contribution >= 0.6 is 0 Å². The number of hydrogen-bond donors (Lipinski definition) is 21. The smallest absolute Gasteiger partial charge is 0.329 e. The van der Waals surface area contributed by atoms with E-state index in [-0.39, 0.29) is 16.7 Å². The van der Waals surface area contributed by atoms with Crippen molar-refractivity contribution in [2.45, 2.75) is 156 Å². The molecule has 0 aliphatic carbocycles. The number of carbonyl (C=O) groups is 16. The molecular weight excluding hydrogens is 1400 g/mol. The number of phenolic OH excluding ortho intramolecular Hbond substituents is 1. The number of nitrogens with one attached hydrogen (secondary N) is 13. The summed E-state index contributed by atoms with van der Waals surface area (Å²) >= 11 is 0. The Bertz CT molecular complexity index is 4110. The van der Waals surface area contributed by atoms with E-state index in [4.69, 9.17) is 15.4 Å². The maximum absolute atomic E-state index is 15.3. The Morgan fingerprint density at radius 1 is 0.594 bits per heavy atom. The zero-order valence-electron chi connectivity index (χ0n) is 56.6. The van der Waals surface area contributed by atoms with E-state index in [0.717, 1.165) is 31.2 Å². The van der Waals surface area contributed by atoms with E-state index in [0.29, 0.717) is 34.6 Å². The van der Waals surface area contributed by atoms with Gasteiger partial charge < -0.3 is 119 Å². The summed E-state index contributed by atoms with van der Waals surface area (Å²) in [5, 5.41) is 96.9. The molecule has 2 aromatic heterocycles. The van der Waals surface area contributed by atoms with Gasteiger partial charge in [-0.2, -0.15) is 0 Å². The summed E-state index contributed by atoms with van der Waals surface area (Å²) in [6.45, 7) is -0.495. The molecule has 14 atom stereocenters. The van der Waals surface area contributed by atoms with Crippen LogP contribution in [0.5, 0.6) is 5.75 Å². The van der Waals surface area contributed by atoms with Gasteiger partial charge in [-0.25, -0.2) is 10.7 Å². The number of carboxylic acid groups (broad SMARTS) is 4. The van der Waals surface area contributed by atoms with E-state index in [1.54, 1.807) is 48.5 Å². The fourth-order valence-corrected chi connectivity index (χ4v) is 11.3. The summed E-state index contributed by atoms with van der Waals surface area (Å²) in [7, 11) is 0. The second-order valence-corrected chi connectivity index (χ2v) is 24.7. The summed E-state index contributed by atoms with van der Waals surface area (Å²) in [4.78, 5) is 233. The number of aromatic nitrogens is 2. The van der Waals surface area contributed by atoms with Crippen LogP contribution in [0.3, 0.4) is 0 Å². The van der Waals surface area contributed by atoms with Gasteiger partial charge in [0.1, 0.15) is 78.4 Å². The number of epoxide rings is 1. The fraction of sp³-hybridized carbons (Fsp3) is 0.424. The van der Waals surface area contributed by atoms with Gasteiger partial charge in [-0.15, -0.1) is 0 Å². The number of aliphatic carboxylic acids is 4. The Morgan fingerprint density at radius 2 is 1.09 bits per heavy atom. The van der Waals surface area contributed by atoms with Crippen LogP contribution in [0.15, 0.2) is 85.2 Å². The van der Waals surface area contributed by atoms with Crippen molar-refractivity contribution >= 4 is 117 Å². The molecule has 0 bridgehead atoms. The minimum atomic E-state index is -2.34. The van der Waals surface area contributed by atoms with E-state index in [1.165, 1.54) is 12.4 Å². The lowest BCUT2D eigenvalue weighted by Gasteiger charge is -2.30. The number of cyclic esters (lactones) is 1. The number of carboxylic acids is 4. The van der Waals surface area contributed by atoms with E-state index in [1.807, 2.05) is 17.6 Å². The number of aliphatic hydroxyl groups excluding tert-OH is 2.